The molecule has 0 aromatic carbocycles. The smallest absolute Gasteiger partial charge is 0.162 e. The van der Waals surface area contributed by atoms with Crippen LogP contribution in [-0.2, 0) is 14.4 Å². The van der Waals surface area contributed by atoms with Crippen molar-refractivity contribution in [3.8, 4) is 0 Å². The fraction of sp³-hybridized carbons (Fsp3) is 0.737. The van der Waals surface area contributed by atoms with E-state index in [4.69, 9.17) is 0 Å². The predicted molar refractivity (Wildman–Crippen MR) is 82.0 cm³/mol. The number of Topliss-reactive ketones (excluding diaryl/α,β-unsaturated/α-hetero) is 2. The summed E-state index contributed by atoms with van der Waals surface area (Å²) >= 11 is 0. The molecule has 0 aromatic heterocycles. The standard InChI is InChI=1S/C19H24O3/c1-18-8-7-12(20)9-11(18)3-4-13-14-5-6-16(22)19(14,2)10-15(21)17(13)18/h5-6,11,13-14,17H,3-4,7-10H2,1-2H3/t11?,13-,14-,17+,18-,19-/m0/s1. The van der Waals surface area contributed by atoms with Crippen molar-refractivity contribution >= 4 is 17.3 Å². The summed E-state index contributed by atoms with van der Waals surface area (Å²) in [5.41, 5.74) is -0.527. The average Bonchev–Trinajstić information content (AvgIpc) is 2.75. The third-order valence-electron chi connectivity index (χ3n) is 7.44. The lowest BCUT2D eigenvalue weighted by Crippen LogP contribution is -2.57. The fourth-order valence-corrected chi connectivity index (χ4v) is 6.16. The van der Waals surface area contributed by atoms with Gasteiger partial charge >= 0.3 is 0 Å². The molecule has 0 N–H and O–H groups in total. The highest BCUT2D eigenvalue weighted by molar-refractivity contribution is 6.02. The highest BCUT2D eigenvalue weighted by atomic mass is 16.1. The molecule has 0 aromatic rings. The van der Waals surface area contributed by atoms with Crippen molar-refractivity contribution in [3.63, 3.8) is 0 Å². The molecule has 3 heteroatoms. The Kier molecular flexibility index (Phi) is 2.87. The van der Waals surface area contributed by atoms with E-state index < -0.39 is 5.41 Å². The Balaban J connectivity index is 1.73. The third kappa shape index (κ3) is 1.65. The maximum atomic E-state index is 13.0. The molecule has 3 nitrogen and oxygen atoms in total. The number of carbonyl (C=O) groups excluding carboxylic acids is 3. The van der Waals surface area contributed by atoms with Crippen molar-refractivity contribution in [1.29, 1.82) is 0 Å². The summed E-state index contributed by atoms with van der Waals surface area (Å²) in [6.45, 7) is 4.22. The summed E-state index contributed by atoms with van der Waals surface area (Å²) < 4.78 is 0. The Morgan fingerprint density at radius 1 is 1.14 bits per heavy atom. The zero-order valence-corrected chi connectivity index (χ0v) is 13.4. The summed E-state index contributed by atoms with van der Waals surface area (Å²) in [5.74, 6) is 1.71. The van der Waals surface area contributed by atoms with Crippen LogP contribution in [0.3, 0.4) is 0 Å². The number of fused-ring (bicyclic) bond motifs is 5. The number of allylic oxidation sites excluding steroid dienone is 2. The van der Waals surface area contributed by atoms with Crippen LogP contribution in [0.4, 0.5) is 0 Å². The van der Waals surface area contributed by atoms with E-state index in [1.54, 1.807) is 6.08 Å². The molecule has 0 saturated heterocycles. The molecule has 4 aliphatic carbocycles. The second-order valence-electron chi connectivity index (χ2n) is 8.47. The second-order valence-corrected chi connectivity index (χ2v) is 8.47. The monoisotopic (exact) mass is 300 g/mol. The van der Waals surface area contributed by atoms with Crippen LogP contribution in [0.1, 0.15) is 52.4 Å². The molecule has 0 radical (unpaired) electrons. The van der Waals surface area contributed by atoms with Crippen LogP contribution in [0.2, 0.25) is 0 Å². The van der Waals surface area contributed by atoms with E-state index in [1.807, 2.05) is 6.92 Å². The lowest BCUT2D eigenvalue weighted by atomic mass is 9.45. The highest BCUT2D eigenvalue weighted by Gasteiger charge is 2.62. The summed E-state index contributed by atoms with van der Waals surface area (Å²) in [7, 11) is 0. The Labute approximate surface area is 131 Å². The van der Waals surface area contributed by atoms with Crippen molar-refractivity contribution in [3.05, 3.63) is 12.2 Å². The van der Waals surface area contributed by atoms with Gasteiger partial charge in [-0.05, 0) is 48.5 Å². The van der Waals surface area contributed by atoms with E-state index >= 15 is 0 Å². The first-order valence-electron chi connectivity index (χ1n) is 8.63. The quantitative estimate of drug-likeness (QED) is 0.690. The van der Waals surface area contributed by atoms with Crippen LogP contribution in [0.25, 0.3) is 0 Å². The molecule has 4 rings (SSSR count). The SMILES string of the molecule is C[C@]12CCC(=O)CC1CC[C@@H]1[C@@H]2C(=O)C[C@]2(C)C(=O)C=C[C@@H]12. The molecule has 1 unspecified atom stereocenters. The van der Waals surface area contributed by atoms with E-state index in [9.17, 15) is 14.4 Å². The van der Waals surface area contributed by atoms with Gasteiger partial charge in [0, 0.05) is 30.6 Å². The van der Waals surface area contributed by atoms with Crippen molar-refractivity contribution in [2.45, 2.75) is 52.4 Å². The summed E-state index contributed by atoms with van der Waals surface area (Å²) in [4.78, 5) is 37.1. The van der Waals surface area contributed by atoms with Gasteiger partial charge in [0.15, 0.2) is 5.78 Å². The average molecular weight is 300 g/mol. The van der Waals surface area contributed by atoms with Crippen molar-refractivity contribution in [1.82, 2.24) is 0 Å². The van der Waals surface area contributed by atoms with Gasteiger partial charge in [-0.25, -0.2) is 0 Å². The lowest BCUT2D eigenvalue weighted by molar-refractivity contribution is -0.159. The van der Waals surface area contributed by atoms with Gasteiger partial charge in [-0.15, -0.1) is 0 Å². The third-order valence-corrected chi connectivity index (χ3v) is 7.44. The van der Waals surface area contributed by atoms with Crippen molar-refractivity contribution in [2.75, 3.05) is 0 Å². The van der Waals surface area contributed by atoms with Gasteiger partial charge in [0.2, 0.25) is 0 Å². The molecule has 0 spiro atoms. The van der Waals surface area contributed by atoms with Gasteiger partial charge in [0.1, 0.15) is 11.6 Å². The first-order valence-corrected chi connectivity index (χ1v) is 8.63. The molecule has 0 aliphatic heterocycles. The van der Waals surface area contributed by atoms with Gasteiger partial charge in [-0.1, -0.05) is 19.9 Å². The minimum Gasteiger partial charge on any atom is -0.300 e. The van der Waals surface area contributed by atoms with Crippen molar-refractivity contribution < 1.29 is 14.4 Å². The zero-order valence-electron chi connectivity index (χ0n) is 13.4. The minimum atomic E-state index is -0.494. The Hall–Kier alpha value is -1.25. The molecule has 0 bridgehead atoms. The van der Waals surface area contributed by atoms with Crippen LogP contribution < -0.4 is 0 Å². The van der Waals surface area contributed by atoms with Crippen LogP contribution >= 0.6 is 0 Å². The topological polar surface area (TPSA) is 51.2 Å². The van der Waals surface area contributed by atoms with E-state index in [0.717, 1.165) is 19.3 Å². The fourth-order valence-electron chi connectivity index (χ4n) is 6.16. The molecular formula is C19H24O3. The van der Waals surface area contributed by atoms with E-state index in [1.165, 1.54) is 0 Å². The number of ketones is 3. The first kappa shape index (κ1) is 14.3. The van der Waals surface area contributed by atoms with Crippen LogP contribution in [-0.4, -0.2) is 17.3 Å². The van der Waals surface area contributed by atoms with Crippen molar-refractivity contribution in [2.24, 2.45) is 34.5 Å². The van der Waals surface area contributed by atoms with E-state index in [0.29, 0.717) is 36.9 Å². The molecule has 0 amide bonds. The van der Waals surface area contributed by atoms with Crippen LogP contribution in [0, 0.1) is 34.5 Å². The van der Waals surface area contributed by atoms with Gasteiger partial charge in [-0.2, -0.15) is 0 Å². The van der Waals surface area contributed by atoms with Gasteiger partial charge in [0.05, 0.1) is 0 Å². The number of rotatable bonds is 0. The normalized spacial score (nSPS) is 50.5. The lowest BCUT2D eigenvalue weighted by Gasteiger charge is -2.57. The molecule has 4 aliphatic rings. The Bertz CT molecular complexity index is 604. The molecule has 22 heavy (non-hydrogen) atoms. The summed E-state index contributed by atoms with van der Waals surface area (Å²) in [6, 6.07) is 0. The predicted octanol–water partition coefficient (Wildman–Crippen LogP) is 3.12. The van der Waals surface area contributed by atoms with Crippen LogP contribution in [0.15, 0.2) is 12.2 Å². The summed E-state index contributed by atoms with van der Waals surface area (Å²) in [6.07, 6.45) is 8.33. The molecule has 3 fully saturated rings. The zero-order chi connectivity index (χ0) is 15.7. The maximum absolute atomic E-state index is 13.0. The van der Waals surface area contributed by atoms with E-state index in [2.05, 4.69) is 13.0 Å². The first-order chi connectivity index (χ1) is 10.4. The molecule has 0 heterocycles. The van der Waals surface area contributed by atoms with Gasteiger partial charge < -0.3 is 0 Å². The second kappa shape index (κ2) is 4.39. The van der Waals surface area contributed by atoms with Crippen LogP contribution in [0.5, 0.6) is 0 Å². The number of hydrogen-bond donors (Lipinski definition) is 0. The molecular weight excluding hydrogens is 276 g/mol. The molecule has 3 saturated carbocycles. The summed E-state index contributed by atoms with van der Waals surface area (Å²) in [5, 5.41) is 0. The number of carbonyl (C=O) groups is 3. The largest absolute Gasteiger partial charge is 0.300 e. The Morgan fingerprint density at radius 3 is 2.68 bits per heavy atom. The molecule has 118 valence electrons. The Morgan fingerprint density at radius 2 is 1.91 bits per heavy atom. The van der Waals surface area contributed by atoms with E-state index in [-0.39, 0.29) is 28.8 Å². The molecule has 6 atom stereocenters. The van der Waals surface area contributed by atoms with Gasteiger partial charge in [-0.3, -0.25) is 14.4 Å². The number of hydrogen-bond acceptors (Lipinski definition) is 3. The highest BCUT2D eigenvalue weighted by Crippen LogP contribution is 2.62. The maximum Gasteiger partial charge on any atom is 0.162 e. The van der Waals surface area contributed by atoms with Gasteiger partial charge in [0.25, 0.3) is 0 Å². The minimum absolute atomic E-state index is 0.0330.